The lowest BCUT2D eigenvalue weighted by Gasteiger charge is -2.20. The Bertz CT molecular complexity index is 294. The molecule has 0 aromatic rings. The summed E-state index contributed by atoms with van der Waals surface area (Å²) in [4.78, 5) is 26.2. The van der Waals surface area contributed by atoms with Crippen LogP contribution in [-0.2, 0) is 0 Å². The monoisotopic (exact) mass is 212 g/mol. The van der Waals surface area contributed by atoms with Crippen molar-refractivity contribution in [2.45, 2.75) is 32.1 Å². The van der Waals surface area contributed by atoms with E-state index in [0.717, 1.165) is 12.8 Å². The van der Waals surface area contributed by atoms with Gasteiger partial charge in [0.15, 0.2) is 0 Å². The van der Waals surface area contributed by atoms with E-state index in [1.807, 2.05) is 0 Å². The van der Waals surface area contributed by atoms with Gasteiger partial charge in [0.05, 0.1) is 0 Å². The number of rotatable bonds is 3. The minimum absolute atomic E-state index is 0.0223. The highest BCUT2D eigenvalue weighted by Gasteiger charge is 2.48. The van der Waals surface area contributed by atoms with Crippen LogP contribution < -0.4 is 10.6 Å². The van der Waals surface area contributed by atoms with Gasteiger partial charge >= 0.3 is 12.1 Å². The van der Waals surface area contributed by atoms with Crippen LogP contribution in [0.1, 0.15) is 19.8 Å². The highest BCUT2D eigenvalue weighted by atomic mass is 16.2. The first-order valence-electron chi connectivity index (χ1n) is 5.25. The number of nitrogens with zero attached hydrogens (tertiary/aromatic N) is 2. The third kappa shape index (κ3) is 1.49. The van der Waals surface area contributed by atoms with Gasteiger partial charge in [0.1, 0.15) is 12.3 Å². The minimum atomic E-state index is -0.221. The zero-order valence-electron chi connectivity index (χ0n) is 8.99. The van der Waals surface area contributed by atoms with Crippen LogP contribution in [0.5, 0.6) is 0 Å². The fourth-order valence-corrected chi connectivity index (χ4v) is 2.03. The van der Waals surface area contributed by atoms with Crippen LogP contribution in [0.4, 0.5) is 9.59 Å². The normalized spacial score (nSPS) is 29.2. The number of nitrogens with one attached hydrogen (secondary N) is 2. The Hall–Kier alpha value is -1.46. The number of carbonyl (C=O) groups is 2. The predicted octanol–water partition coefficient (Wildman–Crippen LogP) is 0.119. The zero-order chi connectivity index (χ0) is 11.0. The maximum absolute atomic E-state index is 11.8. The molecule has 2 fully saturated rings. The van der Waals surface area contributed by atoms with Crippen LogP contribution >= 0.6 is 0 Å². The number of carbonyl (C=O) groups excluding carboxylic acids is 2. The van der Waals surface area contributed by atoms with Gasteiger partial charge in [-0.1, -0.05) is 13.3 Å². The number of likely N-dealkylation sites (N-methyl/N-ethyl adjacent to an activating group) is 1. The van der Waals surface area contributed by atoms with Crippen molar-refractivity contribution in [3.05, 3.63) is 0 Å². The summed E-state index contributed by atoms with van der Waals surface area (Å²) >= 11 is 0. The fourth-order valence-electron chi connectivity index (χ4n) is 2.03. The second-order valence-corrected chi connectivity index (χ2v) is 3.95. The quantitative estimate of drug-likeness (QED) is 0.698. The van der Waals surface area contributed by atoms with E-state index in [0.29, 0.717) is 6.54 Å². The molecule has 2 atom stereocenters. The third-order valence-electron chi connectivity index (χ3n) is 2.91. The van der Waals surface area contributed by atoms with Gasteiger partial charge in [-0.25, -0.2) is 9.59 Å². The topological polar surface area (TPSA) is 64.7 Å². The molecule has 0 bridgehead atoms. The summed E-state index contributed by atoms with van der Waals surface area (Å²) in [5.74, 6) is 0. The number of hydrogen-bond acceptors (Lipinski definition) is 2. The Kier molecular flexibility index (Phi) is 2.42. The van der Waals surface area contributed by atoms with Crippen LogP contribution in [0.25, 0.3) is 0 Å². The third-order valence-corrected chi connectivity index (χ3v) is 2.91. The smallest absolute Gasteiger partial charge is 0.314 e. The van der Waals surface area contributed by atoms with E-state index in [1.165, 1.54) is 0 Å². The minimum Gasteiger partial charge on any atom is -0.314 e. The lowest BCUT2D eigenvalue weighted by atomic mass is 10.3. The van der Waals surface area contributed by atoms with E-state index < -0.39 is 0 Å². The number of hydrogen-bond donors (Lipinski definition) is 2. The first-order valence-corrected chi connectivity index (χ1v) is 5.25. The van der Waals surface area contributed by atoms with E-state index in [9.17, 15) is 9.59 Å². The van der Waals surface area contributed by atoms with Crippen molar-refractivity contribution >= 4 is 12.1 Å². The summed E-state index contributed by atoms with van der Waals surface area (Å²) in [5.41, 5.74) is 0. The summed E-state index contributed by atoms with van der Waals surface area (Å²) in [6.45, 7) is 2.77. The maximum Gasteiger partial charge on any atom is 0.323 e. The molecule has 2 saturated heterocycles. The number of fused-ring (bicyclic) bond motifs is 1. The average Bonchev–Trinajstić information content (AvgIpc) is 2.67. The molecule has 4 amide bonds. The molecule has 0 aliphatic carbocycles. The van der Waals surface area contributed by atoms with Gasteiger partial charge in [-0.15, -0.1) is 0 Å². The molecule has 0 spiro atoms. The van der Waals surface area contributed by atoms with Crippen molar-refractivity contribution in [2.24, 2.45) is 0 Å². The van der Waals surface area contributed by atoms with Crippen molar-refractivity contribution < 1.29 is 9.59 Å². The Morgan fingerprint density at radius 1 is 1.27 bits per heavy atom. The molecule has 6 heteroatoms. The van der Waals surface area contributed by atoms with E-state index >= 15 is 0 Å². The Labute approximate surface area is 88.6 Å². The molecule has 0 saturated carbocycles. The maximum atomic E-state index is 11.8. The van der Waals surface area contributed by atoms with Gasteiger partial charge in [0.25, 0.3) is 0 Å². The second kappa shape index (κ2) is 3.60. The highest BCUT2D eigenvalue weighted by Crippen LogP contribution is 2.21. The van der Waals surface area contributed by atoms with E-state index in [4.69, 9.17) is 0 Å². The number of amides is 4. The molecule has 2 heterocycles. The first-order chi connectivity index (χ1) is 7.15. The molecule has 2 aliphatic heterocycles. The Morgan fingerprint density at radius 2 is 1.93 bits per heavy atom. The van der Waals surface area contributed by atoms with Gasteiger partial charge in [-0.05, 0) is 6.42 Å². The van der Waals surface area contributed by atoms with Gasteiger partial charge in [-0.2, -0.15) is 0 Å². The molecule has 2 N–H and O–H groups in total. The van der Waals surface area contributed by atoms with Crippen molar-refractivity contribution in [2.75, 3.05) is 13.6 Å². The molecule has 0 aromatic carbocycles. The van der Waals surface area contributed by atoms with Crippen molar-refractivity contribution in [1.82, 2.24) is 20.4 Å². The average molecular weight is 212 g/mol. The molecular weight excluding hydrogens is 196 g/mol. The lowest BCUT2D eigenvalue weighted by Crippen LogP contribution is -2.43. The molecule has 0 aromatic heterocycles. The zero-order valence-corrected chi connectivity index (χ0v) is 8.99. The molecule has 84 valence electrons. The molecule has 2 aliphatic rings. The van der Waals surface area contributed by atoms with Crippen molar-refractivity contribution in [3.63, 3.8) is 0 Å². The van der Waals surface area contributed by atoms with E-state index in [2.05, 4.69) is 17.6 Å². The summed E-state index contributed by atoms with van der Waals surface area (Å²) in [6, 6.07) is -0.225. The number of urea groups is 2. The van der Waals surface area contributed by atoms with Crippen LogP contribution in [0, 0.1) is 0 Å². The molecule has 0 radical (unpaired) electrons. The molecule has 2 rings (SSSR count). The SMILES string of the molecule is CCCCN1C(=O)N(C)[C@@H]2NC(=O)N[C@@H]21. The summed E-state index contributed by atoms with van der Waals surface area (Å²) < 4.78 is 0. The number of unbranched alkanes of at least 4 members (excludes halogenated alkanes) is 1. The first kappa shape index (κ1) is 10.1. The predicted molar refractivity (Wildman–Crippen MR) is 54.0 cm³/mol. The molecule has 15 heavy (non-hydrogen) atoms. The molecular formula is C9H16N4O2. The second-order valence-electron chi connectivity index (χ2n) is 3.95. The summed E-state index contributed by atoms with van der Waals surface area (Å²) in [5, 5.41) is 5.46. The van der Waals surface area contributed by atoms with Gasteiger partial charge in [0.2, 0.25) is 0 Å². The van der Waals surface area contributed by atoms with Crippen LogP contribution in [0.2, 0.25) is 0 Å². The summed E-state index contributed by atoms with van der Waals surface area (Å²) in [6.07, 6.45) is 1.56. The van der Waals surface area contributed by atoms with E-state index in [-0.39, 0.29) is 24.4 Å². The standard InChI is InChI=1S/C9H16N4O2/c1-3-4-5-13-7-6(10-8(14)11-7)12(2)9(13)15/h6-7H,3-5H2,1-2H3,(H2,10,11,14)/t6-,7+/m0/s1. The van der Waals surface area contributed by atoms with Gasteiger partial charge in [-0.3, -0.25) is 0 Å². The Morgan fingerprint density at radius 3 is 2.60 bits per heavy atom. The molecule has 6 nitrogen and oxygen atoms in total. The highest BCUT2D eigenvalue weighted by molar-refractivity contribution is 5.84. The van der Waals surface area contributed by atoms with Gasteiger partial charge < -0.3 is 20.4 Å². The Balaban J connectivity index is 2.09. The molecule has 0 unspecified atom stereocenters. The van der Waals surface area contributed by atoms with Crippen LogP contribution in [0.3, 0.4) is 0 Å². The lowest BCUT2D eigenvalue weighted by molar-refractivity contribution is 0.183. The van der Waals surface area contributed by atoms with Gasteiger partial charge in [0, 0.05) is 13.6 Å². The van der Waals surface area contributed by atoms with Crippen molar-refractivity contribution in [3.8, 4) is 0 Å². The largest absolute Gasteiger partial charge is 0.323 e. The van der Waals surface area contributed by atoms with Crippen LogP contribution in [-0.4, -0.2) is 47.8 Å². The van der Waals surface area contributed by atoms with Crippen molar-refractivity contribution in [1.29, 1.82) is 0 Å². The summed E-state index contributed by atoms with van der Waals surface area (Å²) in [7, 11) is 1.71. The van der Waals surface area contributed by atoms with E-state index in [1.54, 1.807) is 16.8 Å². The fraction of sp³-hybridized carbons (Fsp3) is 0.778. The van der Waals surface area contributed by atoms with Crippen LogP contribution in [0.15, 0.2) is 0 Å².